The Morgan fingerprint density at radius 2 is 1.95 bits per heavy atom. The number of hydrogen-bond acceptors (Lipinski definition) is 4. The van der Waals surface area contributed by atoms with Crippen LogP contribution in [0.5, 0.6) is 0 Å². The zero-order valence-corrected chi connectivity index (χ0v) is 13.1. The number of aromatic nitrogens is 1. The van der Waals surface area contributed by atoms with E-state index in [1.165, 1.54) is 0 Å². The number of piperazine rings is 1. The lowest BCUT2D eigenvalue weighted by molar-refractivity contribution is 0.209. The van der Waals surface area contributed by atoms with E-state index in [4.69, 9.17) is 4.98 Å². The lowest BCUT2D eigenvalue weighted by atomic mass is 10.2. The Kier molecular flexibility index (Phi) is 5.80. The Balaban J connectivity index is 1.91. The molecule has 0 unspecified atom stereocenters. The van der Waals surface area contributed by atoms with Gasteiger partial charge >= 0.3 is 0 Å². The van der Waals surface area contributed by atoms with E-state index in [2.05, 4.69) is 54.1 Å². The molecule has 0 aliphatic carbocycles. The van der Waals surface area contributed by atoms with Gasteiger partial charge in [0.2, 0.25) is 0 Å². The summed E-state index contributed by atoms with van der Waals surface area (Å²) in [5.41, 5.74) is 1.14. The molecule has 1 aliphatic rings. The van der Waals surface area contributed by atoms with Gasteiger partial charge in [0, 0.05) is 38.8 Å². The van der Waals surface area contributed by atoms with Crippen LogP contribution in [0.3, 0.4) is 0 Å². The first-order valence-electron chi connectivity index (χ1n) is 7.86. The third kappa shape index (κ3) is 4.18. The normalized spacial score (nSPS) is 16.9. The second kappa shape index (κ2) is 7.60. The fourth-order valence-corrected chi connectivity index (χ4v) is 2.60. The maximum atomic E-state index is 4.78. The molecule has 4 nitrogen and oxygen atoms in total. The second-order valence-corrected chi connectivity index (χ2v) is 5.78. The Morgan fingerprint density at radius 1 is 1.20 bits per heavy atom. The van der Waals surface area contributed by atoms with Crippen LogP contribution in [0.15, 0.2) is 18.2 Å². The van der Waals surface area contributed by atoms with E-state index in [1.807, 2.05) is 0 Å². The number of rotatable bonds is 6. The minimum atomic E-state index is 0.648. The van der Waals surface area contributed by atoms with Gasteiger partial charge in [-0.25, -0.2) is 4.98 Å². The van der Waals surface area contributed by atoms with Crippen LogP contribution in [0, 0.1) is 0 Å². The third-order valence-corrected chi connectivity index (χ3v) is 3.89. The van der Waals surface area contributed by atoms with Crippen LogP contribution in [0.1, 0.15) is 32.9 Å². The molecule has 0 spiro atoms. The smallest absolute Gasteiger partial charge is 0.128 e. The maximum absolute atomic E-state index is 4.78. The summed E-state index contributed by atoms with van der Waals surface area (Å²) in [6, 6.07) is 7.01. The molecule has 0 amide bonds. The van der Waals surface area contributed by atoms with Crippen LogP contribution in [-0.2, 0) is 6.54 Å². The van der Waals surface area contributed by atoms with E-state index in [1.54, 1.807) is 0 Å². The average molecular weight is 276 g/mol. The molecule has 0 radical (unpaired) electrons. The van der Waals surface area contributed by atoms with Crippen molar-refractivity contribution in [2.24, 2.45) is 0 Å². The van der Waals surface area contributed by atoms with Crippen molar-refractivity contribution in [3.63, 3.8) is 0 Å². The van der Waals surface area contributed by atoms with Gasteiger partial charge in [-0.2, -0.15) is 0 Å². The van der Waals surface area contributed by atoms with Crippen LogP contribution in [0.4, 0.5) is 5.82 Å². The highest BCUT2D eigenvalue weighted by Crippen LogP contribution is 2.15. The van der Waals surface area contributed by atoms with Gasteiger partial charge in [-0.1, -0.05) is 13.0 Å². The molecule has 2 rings (SSSR count). The number of nitrogens with zero attached hydrogens (tertiary/aromatic N) is 3. The summed E-state index contributed by atoms with van der Waals surface area (Å²) >= 11 is 0. The lowest BCUT2D eigenvalue weighted by Gasteiger charge is -2.37. The summed E-state index contributed by atoms with van der Waals surface area (Å²) in [4.78, 5) is 9.72. The van der Waals surface area contributed by atoms with Crippen molar-refractivity contribution in [1.29, 1.82) is 0 Å². The molecule has 1 aromatic rings. The molecule has 4 heteroatoms. The second-order valence-electron chi connectivity index (χ2n) is 5.78. The topological polar surface area (TPSA) is 31.4 Å². The highest BCUT2D eigenvalue weighted by molar-refractivity contribution is 5.39. The highest BCUT2D eigenvalue weighted by atomic mass is 15.3. The van der Waals surface area contributed by atoms with E-state index in [-0.39, 0.29) is 0 Å². The van der Waals surface area contributed by atoms with Gasteiger partial charge in [-0.3, -0.25) is 4.90 Å². The van der Waals surface area contributed by atoms with Crippen LogP contribution < -0.4 is 10.2 Å². The summed E-state index contributed by atoms with van der Waals surface area (Å²) in [5.74, 6) is 1.13. The van der Waals surface area contributed by atoms with Gasteiger partial charge in [0.25, 0.3) is 0 Å². The van der Waals surface area contributed by atoms with E-state index in [0.29, 0.717) is 6.04 Å². The largest absolute Gasteiger partial charge is 0.354 e. The molecule has 0 bridgehead atoms. The fraction of sp³-hybridized carbons (Fsp3) is 0.688. The zero-order valence-electron chi connectivity index (χ0n) is 13.1. The molecule has 1 saturated heterocycles. The summed E-state index contributed by atoms with van der Waals surface area (Å²) in [7, 11) is 0. The van der Waals surface area contributed by atoms with Crippen molar-refractivity contribution in [2.45, 2.75) is 39.8 Å². The average Bonchev–Trinajstić information content (AvgIpc) is 2.48. The lowest BCUT2D eigenvalue weighted by Crippen LogP contribution is -2.49. The number of hydrogen-bond donors (Lipinski definition) is 1. The molecule has 1 fully saturated rings. The first kappa shape index (κ1) is 15.3. The Labute approximate surface area is 123 Å². The Morgan fingerprint density at radius 3 is 2.60 bits per heavy atom. The molecule has 20 heavy (non-hydrogen) atoms. The highest BCUT2D eigenvalue weighted by Gasteiger charge is 2.19. The quantitative estimate of drug-likeness (QED) is 0.806. The molecule has 0 saturated carbocycles. The van der Waals surface area contributed by atoms with Gasteiger partial charge in [-0.05, 0) is 38.9 Å². The van der Waals surface area contributed by atoms with Crippen molar-refractivity contribution in [1.82, 2.24) is 15.2 Å². The standard InChI is InChI=1S/C16H28N4/c1-4-8-17-13-15-6-5-7-16(18-15)20-11-9-19(10-12-20)14(2)3/h5-7,14,17H,4,8-13H2,1-3H3. The molecule has 1 aliphatic heterocycles. The van der Waals surface area contributed by atoms with E-state index < -0.39 is 0 Å². The van der Waals surface area contributed by atoms with Crippen LogP contribution >= 0.6 is 0 Å². The summed E-state index contributed by atoms with van der Waals surface area (Å²) in [6.07, 6.45) is 1.16. The zero-order chi connectivity index (χ0) is 14.4. The predicted molar refractivity (Wildman–Crippen MR) is 85.2 cm³/mol. The SMILES string of the molecule is CCCNCc1cccc(N2CCN(C(C)C)CC2)n1. The van der Waals surface area contributed by atoms with Gasteiger partial charge in [0.05, 0.1) is 5.69 Å². The van der Waals surface area contributed by atoms with Crippen molar-refractivity contribution in [3.05, 3.63) is 23.9 Å². The van der Waals surface area contributed by atoms with Crippen LogP contribution in [-0.4, -0.2) is 48.6 Å². The number of pyridine rings is 1. The monoisotopic (exact) mass is 276 g/mol. The van der Waals surface area contributed by atoms with Gasteiger partial charge in [0.1, 0.15) is 5.82 Å². The Hall–Kier alpha value is -1.13. The first-order chi connectivity index (χ1) is 9.70. The maximum Gasteiger partial charge on any atom is 0.128 e. The predicted octanol–water partition coefficient (Wildman–Crippen LogP) is 2.11. The summed E-state index contributed by atoms with van der Waals surface area (Å²) in [6.45, 7) is 13.1. The van der Waals surface area contributed by atoms with Gasteiger partial charge in [0.15, 0.2) is 0 Å². The van der Waals surface area contributed by atoms with E-state index in [9.17, 15) is 0 Å². The molecule has 0 aromatic carbocycles. The van der Waals surface area contributed by atoms with E-state index >= 15 is 0 Å². The van der Waals surface area contributed by atoms with Crippen LogP contribution in [0.2, 0.25) is 0 Å². The molecule has 2 heterocycles. The van der Waals surface area contributed by atoms with Crippen molar-refractivity contribution in [3.8, 4) is 0 Å². The van der Waals surface area contributed by atoms with Crippen LogP contribution in [0.25, 0.3) is 0 Å². The fourth-order valence-electron chi connectivity index (χ4n) is 2.60. The minimum Gasteiger partial charge on any atom is -0.354 e. The third-order valence-electron chi connectivity index (χ3n) is 3.89. The number of nitrogens with one attached hydrogen (secondary N) is 1. The summed E-state index contributed by atoms with van der Waals surface area (Å²) in [5, 5.41) is 3.41. The molecular formula is C16H28N4. The minimum absolute atomic E-state index is 0.648. The van der Waals surface area contributed by atoms with Gasteiger partial charge in [-0.15, -0.1) is 0 Å². The van der Waals surface area contributed by atoms with E-state index in [0.717, 1.165) is 57.2 Å². The molecule has 1 N–H and O–H groups in total. The molecule has 0 atom stereocenters. The molecule has 1 aromatic heterocycles. The number of anilines is 1. The van der Waals surface area contributed by atoms with Gasteiger partial charge < -0.3 is 10.2 Å². The molecular weight excluding hydrogens is 248 g/mol. The van der Waals surface area contributed by atoms with Crippen molar-refractivity contribution in [2.75, 3.05) is 37.6 Å². The van der Waals surface area contributed by atoms with Crippen molar-refractivity contribution >= 4 is 5.82 Å². The van der Waals surface area contributed by atoms with Crippen molar-refractivity contribution < 1.29 is 0 Å². The summed E-state index contributed by atoms with van der Waals surface area (Å²) < 4.78 is 0. The molecule has 112 valence electrons. The first-order valence-corrected chi connectivity index (χ1v) is 7.86. The Bertz CT molecular complexity index is 397.